The minimum atomic E-state index is -0.308. The van der Waals surface area contributed by atoms with Crippen LogP contribution < -0.4 is 0 Å². The molecule has 1 atom stereocenters. The van der Waals surface area contributed by atoms with Gasteiger partial charge in [0.1, 0.15) is 11.9 Å². The zero-order chi connectivity index (χ0) is 14.4. The van der Waals surface area contributed by atoms with Crippen molar-refractivity contribution in [2.75, 3.05) is 7.11 Å². The molecule has 0 spiro atoms. The molecule has 0 aliphatic heterocycles. The van der Waals surface area contributed by atoms with E-state index < -0.39 is 0 Å². The molecule has 1 heterocycles. The van der Waals surface area contributed by atoms with Crippen molar-refractivity contribution in [2.45, 2.75) is 32.2 Å². The Balaban J connectivity index is 2.35. The Hall–Kier alpha value is -2.10. The van der Waals surface area contributed by atoms with Gasteiger partial charge in [-0.15, -0.1) is 0 Å². The number of hydrogen-bond donors (Lipinski definition) is 0. The molecule has 0 bridgehead atoms. The van der Waals surface area contributed by atoms with Gasteiger partial charge < -0.3 is 9.30 Å². The zero-order valence-electron chi connectivity index (χ0n) is 12.0. The second-order valence-electron chi connectivity index (χ2n) is 4.71. The highest BCUT2D eigenvalue weighted by Crippen LogP contribution is 2.25. The number of carbonyl (C=O) groups excluding carboxylic acids is 1. The maximum Gasteiger partial charge on any atom is 0.328 e. The first kappa shape index (κ1) is 14.3. The number of rotatable bonds is 6. The molecule has 2 rings (SSSR count). The summed E-state index contributed by atoms with van der Waals surface area (Å²) in [5.41, 5.74) is 1.00. The SMILES string of the molecule is CCCCC(C(=O)OC)n1ccnc1-c1ccccc1. The number of esters is 1. The molecule has 106 valence electrons. The van der Waals surface area contributed by atoms with Crippen molar-refractivity contribution in [3.63, 3.8) is 0 Å². The van der Waals surface area contributed by atoms with Gasteiger partial charge in [-0.1, -0.05) is 50.1 Å². The highest BCUT2D eigenvalue weighted by Gasteiger charge is 2.23. The molecule has 4 heteroatoms. The van der Waals surface area contributed by atoms with E-state index in [2.05, 4.69) is 11.9 Å². The van der Waals surface area contributed by atoms with E-state index in [4.69, 9.17) is 4.74 Å². The highest BCUT2D eigenvalue weighted by molar-refractivity contribution is 5.75. The Labute approximate surface area is 119 Å². The summed E-state index contributed by atoms with van der Waals surface area (Å²) in [5.74, 6) is 0.589. The van der Waals surface area contributed by atoms with Crippen LogP contribution in [0.1, 0.15) is 32.2 Å². The average molecular weight is 272 g/mol. The van der Waals surface area contributed by atoms with E-state index in [1.165, 1.54) is 7.11 Å². The Morgan fingerprint density at radius 1 is 1.35 bits per heavy atom. The number of ether oxygens (including phenoxy) is 1. The van der Waals surface area contributed by atoms with Crippen LogP contribution in [-0.4, -0.2) is 22.6 Å². The minimum absolute atomic E-state index is 0.214. The quantitative estimate of drug-likeness (QED) is 0.756. The van der Waals surface area contributed by atoms with Crippen molar-refractivity contribution in [1.82, 2.24) is 9.55 Å². The zero-order valence-corrected chi connectivity index (χ0v) is 12.0. The third-order valence-electron chi connectivity index (χ3n) is 3.34. The molecule has 0 aliphatic rings. The number of nitrogens with zero attached hydrogens (tertiary/aromatic N) is 2. The summed E-state index contributed by atoms with van der Waals surface area (Å²) in [4.78, 5) is 16.4. The molecule has 0 amide bonds. The number of benzene rings is 1. The van der Waals surface area contributed by atoms with Crippen molar-refractivity contribution >= 4 is 5.97 Å². The predicted octanol–water partition coefficient (Wildman–Crippen LogP) is 3.45. The van der Waals surface area contributed by atoms with E-state index in [9.17, 15) is 4.79 Å². The lowest BCUT2D eigenvalue weighted by molar-refractivity contribution is -0.144. The normalized spacial score (nSPS) is 12.1. The molecular weight excluding hydrogens is 252 g/mol. The number of imidazole rings is 1. The van der Waals surface area contributed by atoms with Crippen molar-refractivity contribution in [3.05, 3.63) is 42.7 Å². The van der Waals surface area contributed by atoms with Gasteiger partial charge >= 0.3 is 5.97 Å². The maximum atomic E-state index is 12.0. The fourth-order valence-corrected chi connectivity index (χ4v) is 2.28. The van der Waals surface area contributed by atoms with Crippen LogP contribution in [0.5, 0.6) is 0 Å². The van der Waals surface area contributed by atoms with E-state index in [1.54, 1.807) is 6.20 Å². The molecule has 0 saturated carbocycles. The summed E-state index contributed by atoms with van der Waals surface area (Å²) < 4.78 is 6.85. The standard InChI is InChI=1S/C16H20N2O2/c1-3-4-10-14(16(19)20-2)18-12-11-17-15(18)13-8-6-5-7-9-13/h5-9,11-12,14H,3-4,10H2,1-2H3. The molecule has 20 heavy (non-hydrogen) atoms. The Morgan fingerprint density at radius 3 is 2.75 bits per heavy atom. The molecule has 0 radical (unpaired) electrons. The first-order chi connectivity index (χ1) is 9.77. The minimum Gasteiger partial charge on any atom is -0.467 e. The average Bonchev–Trinajstić information content (AvgIpc) is 2.97. The van der Waals surface area contributed by atoms with Gasteiger partial charge in [0.05, 0.1) is 7.11 Å². The van der Waals surface area contributed by atoms with Gasteiger partial charge in [0, 0.05) is 18.0 Å². The molecule has 0 fully saturated rings. The fraction of sp³-hybridized carbons (Fsp3) is 0.375. The summed E-state index contributed by atoms with van der Waals surface area (Å²) >= 11 is 0. The molecule has 1 aromatic heterocycles. The lowest BCUT2D eigenvalue weighted by atomic mass is 10.1. The Kier molecular flexibility index (Phi) is 4.93. The smallest absolute Gasteiger partial charge is 0.328 e. The summed E-state index contributed by atoms with van der Waals surface area (Å²) in [7, 11) is 1.43. The molecule has 4 nitrogen and oxygen atoms in total. The van der Waals surface area contributed by atoms with Crippen LogP contribution in [-0.2, 0) is 9.53 Å². The molecule has 2 aromatic rings. The topological polar surface area (TPSA) is 44.1 Å². The van der Waals surface area contributed by atoms with Crippen LogP contribution in [0.15, 0.2) is 42.7 Å². The van der Waals surface area contributed by atoms with Gasteiger partial charge in [-0.2, -0.15) is 0 Å². The summed E-state index contributed by atoms with van der Waals surface area (Å²) in [6.45, 7) is 2.11. The van der Waals surface area contributed by atoms with Crippen LogP contribution in [0.3, 0.4) is 0 Å². The van der Waals surface area contributed by atoms with E-state index in [0.29, 0.717) is 0 Å². The number of aromatic nitrogens is 2. The van der Waals surface area contributed by atoms with Crippen LogP contribution >= 0.6 is 0 Å². The Morgan fingerprint density at radius 2 is 2.10 bits per heavy atom. The molecule has 1 unspecified atom stereocenters. The Bertz CT molecular complexity index is 549. The van der Waals surface area contributed by atoms with Gasteiger partial charge in [-0.3, -0.25) is 0 Å². The van der Waals surface area contributed by atoms with Crippen LogP contribution in [0.4, 0.5) is 0 Å². The number of unbranched alkanes of at least 4 members (excludes halogenated alkanes) is 1. The monoisotopic (exact) mass is 272 g/mol. The summed E-state index contributed by atoms with van der Waals surface area (Å²) in [6, 6.07) is 9.57. The van der Waals surface area contributed by atoms with Gasteiger partial charge in [-0.05, 0) is 6.42 Å². The van der Waals surface area contributed by atoms with Crippen LogP contribution in [0.25, 0.3) is 11.4 Å². The molecule has 0 aliphatic carbocycles. The van der Waals surface area contributed by atoms with Crippen molar-refractivity contribution in [1.29, 1.82) is 0 Å². The van der Waals surface area contributed by atoms with Gasteiger partial charge in [0.25, 0.3) is 0 Å². The molecule has 1 aromatic carbocycles. The van der Waals surface area contributed by atoms with Crippen molar-refractivity contribution in [2.24, 2.45) is 0 Å². The largest absolute Gasteiger partial charge is 0.467 e. The third kappa shape index (κ3) is 3.07. The number of methoxy groups -OCH3 is 1. The lowest BCUT2D eigenvalue weighted by Crippen LogP contribution is -2.21. The van der Waals surface area contributed by atoms with E-state index in [0.717, 1.165) is 30.7 Å². The van der Waals surface area contributed by atoms with Gasteiger partial charge in [0.2, 0.25) is 0 Å². The fourth-order valence-electron chi connectivity index (χ4n) is 2.28. The lowest BCUT2D eigenvalue weighted by Gasteiger charge is -2.18. The van der Waals surface area contributed by atoms with E-state index in [-0.39, 0.29) is 12.0 Å². The van der Waals surface area contributed by atoms with Crippen LogP contribution in [0.2, 0.25) is 0 Å². The van der Waals surface area contributed by atoms with E-state index in [1.807, 2.05) is 41.1 Å². The van der Waals surface area contributed by atoms with Crippen LogP contribution in [0, 0.1) is 0 Å². The summed E-state index contributed by atoms with van der Waals surface area (Å²) in [5, 5.41) is 0. The predicted molar refractivity (Wildman–Crippen MR) is 78.2 cm³/mol. The first-order valence-electron chi connectivity index (χ1n) is 6.94. The summed E-state index contributed by atoms with van der Waals surface area (Å²) in [6.07, 6.45) is 6.36. The van der Waals surface area contributed by atoms with E-state index >= 15 is 0 Å². The van der Waals surface area contributed by atoms with Gasteiger partial charge in [-0.25, -0.2) is 9.78 Å². The second-order valence-corrected chi connectivity index (χ2v) is 4.71. The molecule has 0 N–H and O–H groups in total. The highest BCUT2D eigenvalue weighted by atomic mass is 16.5. The number of carbonyl (C=O) groups is 1. The first-order valence-corrected chi connectivity index (χ1v) is 6.94. The molecular formula is C16H20N2O2. The van der Waals surface area contributed by atoms with Crippen molar-refractivity contribution < 1.29 is 9.53 Å². The second kappa shape index (κ2) is 6.89. The third-order valence-corrected chi connectivity index (χ3v) is 3.34. The molecule has 0 saturated heterocycles. The van der Waals surface area contributed by atoms with Gasteiger partial charge in [0.15, 0.2) is 0 Å². The van der Waals surface area contributed by atoms with Crippen molar-refractivity contribution in [3.8, 4) is 11.4 Å². The maximum absolute atomic E-state index is 12.0. The number of hydrogen-bond acceptors (Lipinski definition) is 3.